The third-order valence-corrected chi connectivity index (χ3v) is 2.58. The quantitative estimate of drug-likeness (QED) is 0.890. The largest absolute Gasteiger partial charge is 0.384 e. The van der Waals surface area contributed by atoms with Gasteiger partial charge in [-0.25, -0.2) is 18.7 Å². The van der Waals surface area contributed by atoms with Crippen molar-refractivity contribution in [1.82, 2.24) is 9.97 Å². The molecular formula is C13H14F2N4. The molecule has 0 atom stereocenters. The van der Waals surface area contributed by atoms with E-state index in [4.69, 9.17) is 5.73 Å². The summed E-state index contributed by atoms with van der Waals surface area (Å²) in [5.74, 6) is 0.301. The molecule has 0 aliphatic carbocycles. The first kappa shape index (κ1) is 13.2. The maximum Gasteiger partial charge on any atom is 0.132 e. The van der Waals surface area contributed by atoms with Gasteiger partial charge in [0.2, 0.25) is 0 Å². The highest BCUT2D eigenvalue weighted by molar-refractivity contribution is 5.45. The minimum atomic E-state index is -0.596. The summed E-state index contributed by atoms with van der Waals surface area (Å²) in [4.78, 5) is 8.26. The summed E-state index contributed by atoms with van der Waals surface area (Å²) in [6.07, 6.45) is 0.657. The van der Waals surface area contributed by atoms with Crippen LogP contribution in [0.25, 0.3) is 0 Å². The zero-order chi connectivity index (χ0) is 13.8. The number of nitrogens with one attached hydrogen (secondary N) is 1. The van der Waals surface area contributed by atoms with E-state index < -0.39 is 11.6 Å². The SMILES string of the molecule is CCc1nc(N)cc(NCc2ccc(F)cc2F)n1. The number of anilines is 2. The summed E-state index contributed by atoms with van der Waals surface area (Å²) >= 11 is 0. The second kappa shape index (κ2) is 5.60. The van der Waals surface area contributed by atoms with E-state index in [0.29, 0.717) is 29.4 Å². The topological polar surface area (TPSA) is 63.8 Å². The van der Waals surface area contributed by atoms with Crippen LogP contribution >= 0.6 is 0 Å². The van der Waals surface area contributed by atoms with E-state index in [1.807, 2.05) is 6.92 Å². The van der Waals surface area contributed by atoms with Gasteiger partial charge in [0, 0.05) is 30.7 Å². The van der Waals surface area contributed by atoms with Crippen LogP contribution in [0.4, 0.5) is 20.4 Å². The molecule has 1 heterocycles. The molecule has 0 unspecified atom stereocenters. The Kier molecular flexibility index (Phi) is 3.89. The molecule has 0 amide bonds. The summed E-state index contributed by atoms with van der Waals surface area (Å²) < 4.78 is 26.2. The number of benzene rings is 1. The minimum absolute atomic E-state index is 0.200. The summed E-state index contributed by atoms with van der Waals surface area (Å²) in [5.41, 5.74) is 6.00. The number of hydrogen-bond acceptors (Lipinski definition) is 4. The van der Waals surface area contributed by atoms with Gasteiger partial charge in [0.05, 0.1) is 0 Å². The van der Waals surface area contributed by atoms with Crippen LogP contribution in [0, 0.1) is 11.6 Å². The van der Waals surface area contributed by atoms with Gasteiger partial charge < -0.3 is 11.1 Å². The Morgan fingerprint density at radius 3 is 2.68 bits per heavy atom. The van der Waals surface area contributed by atoms with Gasteiger partial charge in [-0.3, -0.25) is 0 Å². The lowest BCUT2D eigenvalue weighted by atomic mass is 10.2. The number of aryl methyl sites for hydroxylation is 1. The number of aromatic nitrogens is 2. The van der Waals surface area contributed by atoms with Crippen molar-refractivity contribution in [3.8, 4) is 0 Å². The number of rotatable bonds is 4. The van der Waals surface area contributed by atoms with Gasteiger partial charge >= 0.3 is 0 Å². The van der Waals surface area contributed by atoms with Crippen molar-refractivity contribution < 1.29 is 8.78 Å². The number of nitrogen functional groups attached to an aromatic ring is 1. The van der Waals surface area contributed by atoms with E-state index in [-0.39, 0.29) is 6.54 Å². The second-order valence-electron chi connectivity index (χ2n) is 4.04. The molecule has 3 N–H and O–H groups in total. The van der Waals surface area contributed by atoms with Crippen molar-refractivity contribution in [1.29, 1.82) is 0 Å². The lowest BCUT2D eigenvalue weighted by Gasteiger charge is -2.08. The Hall–Kier alpha value is -2.24. The third-order valence-electron chi connectivity index (χ3n) is 2.58. The predicted octanol–water partition coefficient (Wildman–Crippen LogP) is 2.51. The van der Waals surface area contributed by atoms with E-state index in [1.54, 1.807) is 6.07 Å². The van der Waals surface area contributed by atoms with Crippen molar-refractivity contribution in [2.75, 3.05) is 11.1 Å². The van der Waals surface area contributed by atoms with Crippen LogP contribution in [0.15, 0.2) is 24.3 Å². The molecule has 100 valence electrons. The third kappa shape index (κ3) is 3.37. The molecule has 1 aromatic heterocycles. The van der Waals surface area contributed by atoms with Gasteiger partial charge in [0.25, 0.3) is 0 Å². The molecule has 2 aromatic rings. The number of nitrogens with zero attached hydrogens (tertiary/aromatic N) is 2. The molecule has 4 nitrogen and oxygen atoms in total. The van der Waals surface area contributed by atoms with Crippen molar-refractivity contribution in [3.05, 3.63) is 47.3 Å². The van der Waals surface area contributed by atoms with E-state index in [1.165, 1.54) is 12.1 Å². The molecule has 0 radical (unpaired) electrons. The molecule has 0 aliphatic heterocycles. The maximum absolute atomic E-state index is 13.4. The van der Waals surface area contributed by atoms with Crippen LogP contribution in [-0.4, -0.2) is 9.97 Å². The first-order chi connectivity index (χ1) is 9.08. The van der Waals surface area contributed by atoms with Gasteiger partial charge in [-0.15, -0.1) is 0 Å². The number of hydrogen-bond donors (Lipinski definition) is 2. The Morgan fingerprint density at radius 2 is 2.00 bits per heavy atom. The molecule has 1 aromatic carbocycles. The average Bonchev–Trinajstić information content (AvgIpc) is 2.37. The molecule has 0 bridgehead atoms. The predicted molar refractivity (Wildman–Crippen MR) is 69.5 cm³/mol. The standard InChI is InChI=1S/C13H14F2N4/c1-2-12-18-11(16)6-13(19-12)17-7-8-3-4-9(14)5-10(8)15/h3-6H,2,7H2,1H3,(H3,16,17,18,19). The number of halogens is 2. The summed E-state index contributed by atoms with van der Waals surface area (Å²) in [7, 11) is 0. The van der Waals surface area contributed by atoms with E-state index in [2.05, 4.69) is 15.3 Å². The van der Waals surface area contributed by atoms with Gasteiger partial charge in [0.15, 0.2) is 0 Å². The minimum Gasteiger partial charge on any atom is -0.384 e. The second-order valence-corrected chi connectivity index (χ2v) is 4.04. The zero-order valence-electron chi connectivity index (χ0n) is 10.5. The molecule has 0 fully saturated rings. The van der Waals surface area contributed by atoms with Crippen molar-refractivity contribution >= 4 is 11.6 Å². The van der Waals surface area contributed by atoms with Crippen LogP contribution in [0.3, 0.4) is 0 Å². The van der Waals surface area contributed by atoms with E-state index in [9.17, 15) is 8.78 Å². The molecule has 19 heavy (non-hydrogen) atoms. The van der Waals surface area contributed by atoms with Gasteiger partial charge in [0.1, 0.15) is 29.1 Å². The van der Waals surface area contributed by atoms with Crippen LogP contribution in [0.1, 0.15) is 18.3 Å². The first-order valence-corrected chi connectivity index (χ1v) is 5.89. The fourth-order valence-corrected chi connectivity index (χ4v) is 1.62. The maximum atomic E-state index is 13.4. The molecule has 6 heteroatoms. The highest BCUT2D eigenvalue weighted by Gasteiger charge is 2.05. The fraction of sp³-hybridized carbons (Fsp3) is 0.231. The molecule has 2 rings (SSSR count). The van der Waals surface area contributed by atoms with Gasteiger partial charge in [-0.1, -0.05) is 13.0 Å². The van der Waals surface area contributed by atoms with Gasteiger partial charge in [-0.2, -0.15) is 0 Å². The van der Waals surface area contributed by atoms with Crippen LogP contribution in [0.5, 0.6) is 0 Å². The summed E-state index contributed by atoms with van der Waals surface area (Å²) in [6, 6.07) is 5.03. The van der Waals surface area contributed by atoms with Crippen LogP contribution in [-0.2, 0) is 13.0 Å². The van der Waals surface area contributed by atoms with Crippen LogP contribution in [0.2, 0.25) is 0 Å². The summed E-state index contributed by atoms with van der Waals surface area (Å²) in [5, 5.41) is 2.94. The Bertz CT molecular complexity index is 587. The lowest BCUT2D eigenvalue weighted by Crippen LogP contribution is -2.07. The van der Waals surface area contributed by atoms with Crippen molar-refractivity contribution in [2.45, 2.75) is 19.9 Å². The molecule has 0 saturated heterocycles. The number of nitrogens with two attached hydrogens (primary N) is 1. The molecular weight excluding hydrogens is 250 g/mol. The fourth-order valence-electron chi connectivity index (χ4n) is 1.62. The molecule has 0 spiro atoms. The Balaban J connectivity index is 2.12. The Labute approximate surface area is 109 Å². The zero-order valence-corrected chi connectivity index (χ0v) is 10.5. The monoisotopic (exact) mass is 264 g/mol. The molecule has 0 aliphatic rings. The molecule has 0 saturated carbocycles. The highest BCUT2D eigenvalue weighted by Crippen LogP contribution is 2.13. The van der Waals surface area contributed by atoms with Gasteiger partial charge in [-0.05, 0) is 6.07 Å². The van der Waals surface area contributed by atoms with Crippen molar-refractivity contribution in [2.24, 2.45) is 0 Å². The Morgan fingerprint density at radius 1 is 1.21 bits per heavy atom. The van der Waals surface area contributed by atoms with Crippen molar-refractivity contribution in [3.63, 3.8) is 0 Å². The van der Waals surface area contributed by atoms with E-state index >= 15 is 0 Å². The van der Waals surface area contributed by atoms with E-state index in [0.717, 1.165) is 6.07 Å². The average molecular weight is 264 g/mol. The van der Waals surface area contributed by atoms with Crippen LogP contribution < -0.4 is 11.1 Å². The normalized spacial score (nSPS) is 10.5. The first-order valence-electron chi connectivity index (χ1n) is 5.89. The smallest absolute Gasteiger partial charge is 0.132 e. The summed E-state index contributed by atoms with van der Waals surface area (Å²) in [6.45, 7) is 2.11. The lowest BCUT2D eigenvalue weighted by molar-refractivity contribution is 0.574. The highest BCUT2D eigenvalue weighted by atomic mass is 19.1.